The van der Waals surface area contributed by atoms with Crippen molar-refractivity contribution in [3.63, 3.8) is 0 Å². The molecule has 0 spiro atoms. The van der Waals surface area contributed by atoms with E-state index in [1.165, 1.54) is 47.4 Å². The van der Waals surface area contributed by atoms with Crippen LogP contribution in [0.2, 0.25) is 0 Å². The van der Waals surface area contributed by atoms with Gasteiger partial charge in [-0.3, -0.25) is 4.79 Å². The van der Waals surface area contributed by atoms with Gasteiger partial charge in [0.1, 0.15) is 5.82 Å². The second kappa shape index (κ2) is 11.1. The maximum Gasteiger partial charge on any atom is 0.234 e. The van der Waals surface area contributed by atoms with Crippen LogP contribution in [0.4, 0.5) is 5.69 Å². The Labute approximate surface area is 224 Å². The number of hydrogen-bond acceptors (Lipinski definition) is 4. The van der Waals surface area contributed by atoms with Crippen LogP contribution >= 0.6 is 34.4 Å². The molecule has 5 rings (SSSR count). The largest absolute Gasteiger partial charge is 0.325 e. The Bertz CT molecular complexity index is 1340. The lowest BCUT2D eigenvalue weighted by atomic mass is 9.95. The second-order valence-electron chi connectivity index (χ2n) is 9.17. The first-order chi connectivity index (χ1) is 17.1. The van der Waals surface area contributed by atoms with E-state index in [4.69, 9.17) is 0 Å². The summed E-state index contributed by atoms with van der Waals surface area (Å²) >= 11 is 3.77. The molecule has 1 fully saturated rings. The van der Waals surface area contributed by atoms with E-state index >= 15 is 0 Å². The van der Waals surface area contributed by atoms with Gasteiger partial charge in [0, 0.05) is 21.7 Å². The number of fused-ring (bicyclic) bond motifs is 1. The fourth-order valence-electron chi connectivity index (χ4n) is 4.93. The lowest BCUT2D eigenvalue weighted by Crippen LogP contribution is -2.18. The Morgan fingerprint density at radius 2 is 1.86 bits per heavy atom. The van der Waals surface area contributed by atoms with Gasteiger partial charge in [-0.15, -0.1) is 10.2 Å². The Morgan fingerprint density at radius 1 is 1.06 bits per heavy atom. The van der Waals surface area contributed by atoms with Crippen molar-refractivity contribution in [2.75, 3.05) is 11.1 Å². The maximum absolute atomic E-state index is 12.8. The third-order valence-electron chi connectivity index (χ3n) is 6.70. The van der Waals surface area contributed by atoms with E-state index in [1.807, 2.05) is 19.1 Å². The first-order valence-corrected chi connectivity index (χ1v) is 14.2. The van der Waals surface area contributed by atoms with Crippen molar-refractivity contribution < 1.29 is 4.79 Å². The molecule has 0 radical (unpaired) electrons. The number of halogens is 1. The Hall–Kier alpha value is -2.39. The molecule has 180 valence electrons. The summed E-state index contributed by atoms with van der Waals surface area (Å²) in [7, 11) is 0. The molecule has 0 atom stereocenters. The van der Waals surface area contributed by atoms with Crippen LogP contribution < -0.4 is 5.32 Å². The molecule has 1 aliphatic rings. The number of hydrogen-bond donors (Lipinski definition) is 1. The number of benzene rings is 3. The van der Waals surface area contributed by atoms with Crippen LogP contribution in [0, 0.1) is 10.5 Å². The summed E-state index contributed by atoms with van der Waals surface area (Å²) in [6.07, 6.45) is 6.77. The van der Waals surface area contributed by atoms with Gasteiger partial charge < -0.3 is 9.88 Å². The summed E-state index contributed by atoms with van der Waals surface area (Å²) in [6.45, 7) is 2.02. The number of nitrogens with one attached hydrogen (secondary N) is 1. The van der Waals surface area contributed by atoms with Crippen molar-refractivity contribution in [1.82, 2.24) is 14.8 Å². The fourth-order valence-corrected chi connectivity index (χ4v) is 6.40. The van der Waals surface area contributed by atoms with Gasteiger partial charge in [0.05, 0.1) is 5.75 Å². The molecular weight excluding hydrogens is 567 g/mol. The van der Waals surface area contributed by atoms with E-state index in [0.717, 1.165) is 45.1 Å². The summed E-state index contributed by atoms with van der Waals surface area (Å²) in [5.74, 6) is 1.28. The quantitative estimate of drug-likeness (QED) is 0.182. The predicted molar refractivity (Wildman–Crippen MR) is 152 cm³/mol. The molecule has 1 N–H and O–H groups in total. The second-order valence-corrected chi connectivity index (χ2v) is 11.4. The first-order valence-electron chi connectivity index (χ1n) is 12.2. The SMILES string of the molecule is Cc1cc(I)ccc1NC(=O)CSc1nnc(Cc2cccc3ccccc23)n1C1CCCCC1. The molecular formula is C28H29IN4OS. The zero-order valence-corrected chi connectivity index (χ0v) is 22.8. The lowest BCUT2D eigenvalue weighted by molar-refractivity contribution is -0.113. The Morgan fingerprint density at radius 3 is 2.69 bits per heavy atom. The minimum Gasteiger partial charge on any atom is -0.325 e. The molecule has 4 aromatic rings. The molecule has 1 saturated carbocycles. The molecule has 1 aliphatic carbocycles. The lowest BCUT2D eigenvalue weighted by Gasteiger charge is -2.25. The van der Waals surface area contributed by atoms with Gasteiger partial charge in [-0.1, -0.05) is 73.5 Å². The van der Waals surface area contributed by atoms with Crippen molar-refractivity contribution in [2.24, 2.45) is 0 Å². The highest BCUT2D eigenvalue weighted by molar-refractivity contribution is 14.1. The van der Waals surface area contributed by atoms with Crippen LogP contribution in [0.1, 0.15) is 55.1 Å². The summed E-state index contributed by atoms with van der Waals surface area (Å²) in [6, 6.07) is 21.4. The topological polar surface area (TPSA) is 59.8 Å². The summed E-state index contributed by atoms with van der Waals surface area (Å²) < 4.78 is 3.49. The summed E-state index contributed by atoms with van der Waals surface area (Å²) in [4.78, 5) is 12.8. The molecule has 1 aromatic heterocycles. The van der Waals surface area contributed by atoms with E-state index in [1.54, 1.807) is 0 Å². The fraction of sp³-hybridized carbons (Fsp3) is 0.321. The summed E-state index contributed by atoms with van der Waals surface area (Å²) in [5.41, 5.74) is 3.19. The Balaban J connectivity index is 1.37. The molecule has 3 aromatic carbocycles. The predicted octanol–water partition coefficient (Wildman–Crippen LogP) is 7.17. The van der Waals surface area contributed by atoms with Gasteiger partial charge in [-0.2, -0.15) is 0 Å². The van der Waals surface area contributed by atoms with Crippen LogP contribution in [0.5, 0.6) is 0 Å². The van der Waals surface area contributed by atoms with Gasteiger partial charge in [0.25, 0.3) is 0 Å². The molecule has 35 heavy (non-hydrogen) atoms. The maximum atomic E-state index is 12.8. The van der Waals surface area contributed by atoms with Crippen LogP contribution in [0.3, 0.4) is 0 Å². The molecule has 1 amide bonds. The molecule has 0 saturated heterocycles. The van der Waals surface area contributed by atoms with Crippen molar-refractivity contribution in [3.8, 4) is 0 Å². The molecule has 5 nitrogen and oxygen atoms in total. The zero-order valence-electron chi connectivity index (χ0n) is 19.8. The number of aromatic nitrogens is 3. The average Bonchev–Trinajstić information content (AvgIpc) is 3.27. The van der Waals surface area contributed by atoms with E-state index < -0.39 is 0 Å². The molecule has 0 unspecified atom stereocenters. The number of aryl methyl sites for hydroxylation is 1. The summed E-state index contributed by atoms with van der Waals surface area (Å²) in [5, 5.41) is 15.6. The first kappa shape index (κ1) is 24.3. The van der Waals surface area contributed by atoms with Gasteiger partial charge >= 0.3 is 0 Å². The molecule has 0 aliphatic heterocycles. The van der Waals surface area contributed by atoms with Crippen molar-refractivity contribution >= 4 is 56.7 Å². The number of amides is 1. The smallest absolute Gasteiger partial charge is 0.234 e. The minimum atomic E-state index is -0.0203. The van der Waals surface area contributed by atoms with Crippen molar-refractivity contribution in [3.05, 3.63) is 81.2 Å². The van der Waals surface area contributed by atoms with E-state index in [9.17, 15) is 4.79 Å². The number of carbonyl (C=O) groups excluding carboxylic acids is 1. The highest BCUT2D eigenvalue weighted by atomic mass is 127. The highest BCUT2D eigenvalue weighted by Gasteiger charge is 2.24. The van der Waals surface area contributed by atoms with Crippen LogP contribution in [-0.2, 0) is 11.2 Å². The van der Waals surface area contributed by atoms with Crippen LogP contribution in [0.25, 0.3) is 10.8 Å². The monoisotopic (exact) mass is 596 g/mol. The van der Waals surface area contributed by atoms with Gasteiger partial charge in [0.15, 0.2) is 5.16 Å². The van der Waals surface area contributed by atoms with Crippen molar-refractivity contribution in [1.29, 1.82) is 0 Å². The molecule has 0 bridgehead atoms. The van der Waals surface area contributed by atoms with Gasteiger partial charge in [0.2, 0.25) is 5.91 Å². The van der Waals surface area contributed by atoms with E-state index in [-0.39, 0.29) is 5.91 Å². The van der Waals surface area contributed by atoms with Crippen LogP contribution in [-0.4, -0.2) is 26.4 Å². The normalized spacial score (nSPS) is 14.3. The van der Waals surface area contributed by atoms with E-state index in [2.05, 4.69) is 91.2 Å². The third-order valence-corrected chi connectivity index (χ3v) is 8.31. The third kappa shape index (κ3) is 5.72. The number of thioether (sulfide) groups is 1. The number of nitrogens with zero attached hydrogens (tertiary/aromatic N) is 3. The van der Waals surface area contributed by atoms with Gasteiger partial charge in [-0.05, 0) is 82.5 Å². The highest BCUT2D eigenvalue weighted by Crippen LogP contribution is 2.34. The number of carbonyl (C=O) groups is 1. The molecule has 7 heteroatoms. The minimum absolute atomic E-state index is 0.0203. The zero-order chi connectivity index (χ0) is 24.2. The Kier molecular flexibility index (Phi) is 7.72. The van der Waals surface area contributed by atoms with Gasteiger partial charge in [-0.25, -0.2) is 0 Å². The number of rotatable bonds is 7. The number of anilines is 1. The molecule has 1 heterocycles. The average molecular weight is 597 g/mol. The van der Waals surface area contributed by atoms with Crippen LogP contribution in [0.15, 0.2) is 65.8 Å². The van der Waals surface area contributed by atoms with Crippen molar-refractivity contribution in [2.45, 2.75) is 56.6 Å². The standard InChI is InChI=1S/C28H29IN4OS/c1-19-16-22(29)14-15-25(19)30-27(34)18-35-28-32-31-26(33(28)23-11-3-2-4-12-23)17-21-10-7-9-20-8-5-6-13-24(20)21/h5-10,13-16,23H,2-4,11-12,17-18H2,1H3,(H,30,34). The van der Waals surface area contributed by atoms with E-state index in [0.29, 0.717) is 11.8 Å².